The van der Waals surface area contributed by atoms with Crippen molar-refractivity contribution in [3.8, 4) is 17.3 Å². The zero-order chi connectivity index (χ0) is 30.3. The number of hydrogen-bond donors (Lipinski definition) is 4. The molecule has 4 atom stereocenters. The van der Waals surface area contributed by atoms with E-state index in [0.29, 0.717) is 40.6 Å². The van der Waals surface area contributed by atoms with E-state index in [-0.39, 0.29) is 24.8 Å². The number of allylic oxidation sites excluding steroid dienone is 4. The lowest BCUT2D eigenvalue weighted by Gasteiger charge is -2.15. The normalized spacial score (nSPS) is 22.5. The summed E-state index contributed by atoms with van der Waals surface area (Å²) in [7, 11) is 0. The highest BCUT2D eigenvalue weighted by Crippen LogP contribution is 2.32. The Bertz CT molecular complexity index is 1700. The maximum atomic E-state index is 10.1. The van der Waals surface area contributed by atoms with Gasteiger partial charge in [0.05, 0.1) is 46.9 Å². The minimum absolute atomic E-state index is 0.223. The van der Waals surface area contributed by atoms with Crippen molar-refractivity contribution in [1.29, 1.82) is 0 Å². The fraction of sp³-hybridized carbons (Fsp3) is 0.323. The van der Waals surface area contributed by atoms with Gasteiger partial charge in [0.1, 0.15) is 18.3 Å². The Morgan fingerprint density at radius 1 is 1.21 bits per heavy atom. The lowest BCUT2D eigenvalue weighted by Crippen LogP contribution is -2.34. The van der Waals surface area contributed by atoms with Crippen molar-refractivity contribution < 1.29 is 24.4 Å². The van der Waals surface area contributed by atoms with Crippen LogP contribution in [0.5, 0.6) is 6.01 Å². The smallest absolute Gasteiger partial charge is 0.296 e. The Kier molecular flexibility index (Phi) is 7.84. The topological polar surface area (TPSA) is 154 Å². The van der Waals surface area contributed by atoms with Crippen LogP contribution in [0.3, 0.4) is 0 Å². The summed E-state index contributed by atoms with van der Waals surface area (Å²) in [5.41, 5.74) is 10.8. The first-order valence-electron chi connectivity index (χ1n) is 13.9. The van der Waals surface area contributed by atoms with Gasteiger partial charge in [-0.25, -0.2) is 9.67 Å². The maximum absolute atomic E-state index is 10.1. The fourth-order valence-electron chi connectivity index (χ4n) is 5.27. The van der Waals surface area contributed by atoms with Crippen LogP contribution >= 0.6 is 11.6 Å². The van der Waals surface area contributed by atoms with Crippen LogP contribution in [0.1, 0.15) is 25.0 Å². The van der Waals surface area contributed by atoms with E-state index in [9.17, 15) is 10.2 Å². The number of nitrogens with zero attached hydrogens (tertiary/aromatic N) is 4. The first-order chi connectivity index (χ1) is 20.6. The highest BCUT2D eigenvalue weighted by Gasteiger charge is 2.48. The van der Waals surface area contributed by atoms with Crippen LogP contribution in [0, 0.1) is 0 Å². The van der Waals surface area contributed by atoms with Gasteiger partial charge < -0.3 is 35.1 Å². The van der Waals surface area contributed by atoms with Gasteiger partial charge in [-0.15, -0.1) is 0 Å². The number of nitrogens with one attached hydrogen (secondary N) is 1. The van der Waals surface area contributed by atoms with E-state index in [4.69, 9.17) is 31.5 Å². The van der Waals surface area contributed by atoms with Gasteiger partial charge in [0.2, 0.25) is 0 Å². The molecule has 0 radical (unpaired) electrons. The molecule has 2 aliphatic rings. The first-order valence-corrected chi connectivity index (χ1v) is 14.3. The second kappa shape index (κ2) is 11.6. The molecule has 2 fully saturated rings. The van der Waals surface area contributed by atoms with Crippen molar-refractivity contribution in [2.24, 2.45) is 5.73 Å². The van der Waals surface area contributed by atoms with Crippen molar-refractivity contribution >= 4 is 34.0 Å². The molecule has 43 heavy (non-hydrogen) atoms. The Labute approximate surface area is 253 Å². The van der Waals surface area contributed by atoms with E-state index in [1.54, 1.807) is 30.8 Å². The first kappa shape index (κ1) is 29.1. The zero-order valence-electron chi connectivity index (χ0n) is 23.8. The number of benzene rings is 1. The van der Waals surface area contributed by atoms with Gasteiger partial charge in [-0.3, -0.25) is 0 Å². The number of ether oxygens (including phenoxy) is 3. The Hall–Kier alpha value is -4.00. The lowest BCUT2D eigenvalue weighted by molar-refractivity contribution is 0.00706. The maximum Gasteiger partial charge on any atom is 0.296 e. The van der Waals surface area contributed by atoms with E-state index >= 15 is 0 Å². The predicted molar refractivity (Wildman–Crippen MR) is 163 cm³/mol. The number of hydrogen-bond acceptors (Lipinski definition) is 9. The van der Waals surface area contributed by atoms with Gasteiger partial charge in [0.25, 0.3) is 6.01 Å². The average Bonchev–Trinajstić information content (AvgIpc) is 3.75. The number of pyridine rings is 1. The number of nitrogens with two attached hydrogens (primary N) is 1. The molecule has 12 heteroatoms. The number of aromatic nitrogens is 5. The number of fused-ring (bicyclic) bond motifs is 2. The molecule has 0 saturated carbocycles. The van der Waals surface area contributed by atoms with Crippen molar-refractivity contribution in [3.63, 3.8) is 0 Å². The number of rotatable bonds is 9. The van der Waals surface area contributed by atoms with Crippen LogP contribution in [0.25, 0.3) is 33.7 Å². The third-order valence-corrected chi connectivity index (χ3v) is 7.63. The molecule has 224 valence electrons. The number of H-pyrrole nitrogens is 1. The van der Waals surface area contributed by atoms with Crippen LogP contribution in [-0.4, -0.2) is 78.2 Å². The SMILES string of the molecule is C=C(/C=C\C(=C/N)n1cc(CC(C)(C)O)cn1)c1ccc(-c2nc3nc(O[C@@H]4CO[C@H]5[C@@H]4OC[C@H]5O)[nH]c3cc2Cl)cc1. The van der Waals surface area contributed by atoms with Gasteiger partial charge in [0.15, 0.2) is 11.8 Å². The second-order valence-corrected chi connectivity index (χ2v) is 11.8. The molecule has 2 aliphatic heterocycles. The monoisotopic (exact) mass is 604 g/mol. The van der Waals surface area contributed by atoms with E-state index in [1.807, 2.05) is 42.6 Å². The predicted octanol–water partition coefficient (Wildman–Crippen LogP) is 3.72. The minimum Gasteiger partial charge on any atom is -0.456 e. The highest BCUT2D eigenvalue weighted by atomic mass is 35.5. The summed E-state index contributed by atoms with van der Waals surface area (Å²) in [4.78, 5) is 12.3. The van der Waals surface area contributed by atoms with Crippen LogP contribution < -0.4 is 10.5 Å². The summed E-state index contributed by atoms with van der Waals surface area (Å²) in [6.07, 6.45) is 7.41. The Morgan fingerprint density at radius 3 is 2.72 bits per heavy atom. The summed E-state index contributed by atoms with van der Waals surface area (Å²) in [5, 5.41) is 24.9. The van der Waals surface area contributed by atoms with Crippen LogP contribution in [0.2, 0.25) is 5.02 Å². The van der Waals surface area contributed by atoms with Crippen molar-refractivity contribution in [1.82, 2.24) is 24.7 Å². The summed E-state index contributed by atoms with van der Waals surface area (Å²) < 4.78 is 18.9. The highest BCUT2D eigenvalue weighted by molar-refractivity contribution is 6.33. The molecule has 5 N–H and O–H groups in total. The van der Waals surface area contributed by atoms with Crippen LogP contribution in [0.15, 0.2) is 67.7 Å². The van der Waals surface area contributed by atoms with Gasteiger partial charge in [-0.1, -0.05) is 48.5 Å². The molecule has 5 heterocycles. The molecule has 0 bridgehead atoms. The zero-order valence-corrected chi connectivity index (χ0v) is 24.5. The van der Waals surface area contributed by atoms with E-state index in [0.717, 1.165) is 22.3 Å². The molecule has 0 amide bonds. The molecule has 6 rings (SSSR count). The summed E-state index contributed by atoms with van der Waals surface area (Å²) in [6, 6.07) is 9.78. The molecule has 0 spiro atoms. The third-order valence-electron chi connectivity index (χ3n) is 7.34. The summed E-state index contributed by atoms with van der Waals surface area (Å²) in [5.74, 6) is 0. The van der Waals surface area contributed by atoms with Crippen molar-refractivity contribution in [3.05, 3.63) is 83.8 Å². The molecule has 2 saturated heterocycles. The third kappa shape index (κ3) is 6.22. The van der Waals surface area contributed by atoms with Crippen LogP contribution in [-0.2, 0) is 15.9 Å². The van der Waals surface area contributed by atoms with Crippen molar-refractivity contribution in [2.75, 3.05) is 13.2 Å². The minimum atomic E-state index is -0.830. The van der Waals surface area contributed by atoms with Gasteiger partial charge in [-0.05, 0) is 42.7 Å². The van der Waals surface area contributed by atoms with E-state index in [1.165, 1.54) is 6.20 Å². The van der Waals surface area contributed by atoms with Crippen LogP contribution in [0.4, 0.5) is 0 Å². The largest absolute Gasteiger partial charge is 0.456 e. The standard InChI is InChI=1S/C31H33ClN6O5/c1-17(4-9-21(12-33)38-14-18(13-34-38)11-31(2,3)40)19-5-7-20(8-6-19)26-22(32)10-23-29(36-26)37-30(35-23)43-25-16-42-27-24(39)15-41-28(25)27/h4-10,12-14,24-25,27-28,39-40H,1,11,15-16,33H2,2-3H3,(H,35,36,37)/b9-4-,21-12+/t24-,25-,27-,28-/m1/s1. The number of halogens is 1. The summed E-state index contributed by atoms with van der Waals surface area (Å²) >= 11 is 6.62. The number of aromatic amines is 1. The summed E-state index contributed by atoms with van der Waals surface area (Å²) in [6.45, 7) is 8.22. The fourth-order valence-corrected chi connectivity index (χ4v) is 5.53. The molecule has 1 aromatic carbocycles. The molecular formula is C31H33ClN6O5. The molecular weight excluding hydrogens is 572 g/mol. The molecule has 0 aliphatic carbocycles. The lowest BCUT2D eigenvalue weighted by atomic mass is 10.0. The van der Waals surface area contributed by atoms with Gasteiger partial charge in [-0.2, -0.15) is 10.1 Å². The molecule has 11 nitrogen and oxygen atoms in total. The molecule has 4 aromatic rings. The van der Waals surface area contributed by atoms with E-state index < -0.39 is 17.8 Å². The molecule has 0 unspecified atom stereocenters. The Morgan fingerprint density at radius 2 is 1.98 bits per heavy atom. The number of aliphatic hydroxyl groups is 2. The molecule has 3 aromatic heterocycles. The van der Waals surface area contributed by atoms with E-state index in [2.05, 4.69) is 26.6 Å². The number of imidazole rings is 1. The van der Waals surface area contributed by atoms with Gasteiger partial charge >= 0.3 is 0 Å². The number of aliphatic hydroxyl groups excluding tert-OH is 1. The van der Waals surface area contributed by atoms with Gasteiger partial charge in [0, 0.05) is 24.4 Å². The second-order valence-electron chi connectivity index (χ2n) is 11.4. The van der Waals surface area contributed by atoms with Crippen molar-refractivity contribution in [2.45, 2.75) is 50.3 Å². The average molecular weight is 605 g/mol. The quantitative estimate of drug-likeness (QED) is 0.209. The Balaban J connectivity index is 1.14.